The topological polar surface area (TPSA) is 0 Å². The fourth-order valence-corrected chi connectivity index (χ4v) is 0.877. The molecule has 0 unspecified atom stereocenters. The van der Waals surface area contributed by atoms with Crippen molar-refractivity contribution in [2.45, 2.75) is 19.3 Å². The van der Waals surface area contributed by atoms with E-state index in [0.29, 0.717) is 5.56 Å². The van der Waals surface area contributed by atoms with Crippen LogP contribution in [0.25, 0.3) is 0 Å². The standard InChI is InChI=1S/C11H10F/c1-4-11(2,3)9-6-5-7-10(12)8-9/h1,5,7-8H,2-3H3. The van der Waals surface area contributed by atoms with Gasteiger partial charge in [-0.3, -0.25) is 0 Å². The molecular formula is C11H10F. The normalized spacial score (nSPS) is 10.8. The van der Waals surface area contributed by atoms with Crippen LogP contribution >= 0.6 is 0 Å². The van der Waals surface area contributed by atoms with Crippen molar-refractivity contribution in [2.75, 3.05) is 0 Å². The van der Waals surface area contributed by atoms with Gasteiger partial charge in [0.1, 0.15) is 5.82 Å². The first kappa shape index (κ1) is 8.80. The first-order valence-corrected chi connectivity index (χ1v) is 3.72. The quantitative estimate of drug-likeness (QED) is 0.555. The van der Waals surface area contributed by atoms with Crippen LogP contribution in [0.3, 0.4) is 0 Å². The molecule has 0 bridgehead atoms. The van der Waals surface area contributed by atoms with Crippen molar-refractivity contribution >= 4 is 0 Å². The molecule has 0 atom stereocenters. The molecule has 61 valence electrons. The fraction of sp³-hybridized carbons (Fsp3) is 0.273. The first-order chi connectivity index (χ1) is 5.56. The summed E-state index contributed by atoms with van der Waals surface area (Å²) in [5.41, 5.74) is 0.271. The molecule has 0 amide bonds. The fourth-order valence-electron chi connectivity index (χ4n) is 0.877. The smallest absolute Gasteiger partial charge is 0.123 e. The monoisotopic (exact) mass is 161 g/mol. The minimum atomic E-state index is -0.442. The SMILES string of the molecule is C#CC(C)(C)c1[c]ccc(F)c1. The molecule has 1 rings (SSSR count). The van der Waals surface area contributed by atoms with E-state index in [1.54, 1.807) is 6.07 Å². The summed E-state index contributed by atoms with van der Waals surface area (Å²) >= 11 is 0. The third kappa shape index (κ3) is 1.65. The van der Waals surface area contributed by atoms with E-state index in [0.717, 1.165) is 0 Å². The zero-order valence-corrected chi connectivity index (χ0v) is 7.19. The third-order valence-electron chi connectivity index (χ3n) is 1.80. The molecule has 1 heteroatoms. The number of halogens is 1. The maximum Gasteiger partial charge on any atom is 0.123 e. The van der Waals surface area contributed by atoms with Gasteiger partial charge in [-0.15, -0.1) is 6.42 Å². The molecule has 1 aromatic rings. The maximum atomic E-state index is 12.7. The Morgan fingerprint density at radius 1 is 1.58 bits per heavy atom. The average Bonchev–Trinajstić information content (AvgIpc) is 2.05. The lowest BCUT2D eigenvalue weighted by atomic mass is 9.86. The minimum absolute atomic E-state index is 0.271. The zero-order chi connectivity index (χ0) is 9.19. The highest BCUT2D eigenvalue weighted by Gasteiger charge is 2.17. The van der Waals surface area contributed by atoms with Gasteiger partial charge in [0.2, 0.25) is 0 Å². The Balaban J connectivity index is 3.14. The Labute approximate surface area is 72.4 Å². The van der Waals surface area contributed by atoms with Gasteiger partial charge < -0.3 is 0 Å². The Bertz CT molecular complexity index is 318. The van der Waals surface area contributed by atoms with E-state index in [1.807, 2.05) is 13.8 Å². The van der Waals surface area contributed by atoms with Gasteiger partial charge in [-0.05, 0) is 37.6 Å². The number of terminal acetylenes is 1. The Morgan fingerprint density at radius 2 is 2.25 bits per heavy atom. The second-order valence-corrected chi connectivity index (χ2v) is 3.19. The van der Waals surface area contributed by atoms with Crippen LogP contribution in [0.2, 0.25) is 0 Å². The average molecular weight is 161 g/mol. The lowest BCUT2D eigenvalue weighted by Gasteiger charge is -2.16. The van der Waals surface area contributed by atoms with Gasteiger partial charge in [-0.25, -0.2) is 4.39 Å². The molecule has 0 heterocycles. The lowest BCUT2D eigenvalue weighted by Crippen LogP contribution is -2.13. The number of hydrogen-bond donors (Lipinski definition) is 0. The van der Waals surface area contributed by atoms with E-state index >= 15 is 0 Å². The highest BCUT2D eigenvalue weighted by molar-refractivity contribution is 5.31. The zero-order valence-electron chi connectivity index (χ0n) is 7.19. The number of rotatable bonds is 1. The van der Waals surface area contributed by atoms with Crippen molar-refractivity contribution in [1.82, 2.24) is 0 Å². The minimum Gasteiger partial charge on any atom is -0.207 e. The maximum absolute atomic E-state index is 12.7. The molecular weight excluding hydrogens is 151 g/mol. The Hall–Kier alpha value is -1.29. The summed E-state index contributed by atoms with van der Waals surface area (Å²) in [5.74, 6) is 2.32. The predicted octanol–water partition coefficient (Wildman–Crippen LogP) is 2.54. The van der Waals surface area contributed by atoms with Gasteiger partial charge in [0, 0.05) is 0 Å². The van der Waals surface area contributed by atoms with Crippen LogP contribution in [-0.4, -0.2) is 0 Å². The molecule has 1 aromatic carbocycles. The number of hydrogen-bond acceptors (Lipinski definition) is 0. The van der Waals surface area contributed by atoms with Crippen molar-refractivity contribution in [3.63, 3.8) is 0 Å². The van der Waals surface area contributed by atoms with E-state index < -0.39 is 5.41 Å². The van der Waals surface area contributed by atoms with Crippen LogP contribution < -0.4 is 0 Å². The molecule has 0 saturated carbocycles. The summed E-state index contributed by atoms with van der Waals surface area (Å²) in [7, 11) is 0. The van der Waals surface area contributed by atoms with Crippen LogP contribution in [0, 0.1) is 24.2 Å². The van der Waals surface area contributed by atoms with Crippen molar-refractivity contribution < 1.29 is 4.39 Å². The molecule has 0 aliphatic carbocycles. The summed E-state index contributed by atoms with van der Waals surface area (Å²) in [4.78, 5) is 0. The van der Waals surface area contributed by atoms with E-state index in [2.05, 4.69) is 12.0 Å². The van der Waals surface area contributed by atoms with E-state index in [4.69, 9.17) is 6.42 Å². The van der Waals surface area contributed by atoms with Crippen molar-refractivity contribution in [2.24, 2.45) is 0 Å². The number of benzene rings is 1. The van der Waals surface area contributed by atoms with Gasteiger partial charge in [0.25, 0.3) is 0 Å². The van der Waals surface area contributed by atoms with E-state index in [9.17, 15) is 4.39 Å². The van der Waals surface area contributed by atoms with Crippen LogP contribution in [0.15, 0.2) is 18.2 Å². The van der Waals surface area contributed by atoms with Crippen LogP contribution in [0.5, 0.6) is 0 Å². The molecule has 0 spiro atoms. The van der Waals surface area contributed by atoms with E-state index in [1.165, 1.54) is 12.1 Å². The van der Waals surface area contributed by atoms with Crippen LogP contribution in [0.4, 0.5) is 4.39 Å². The lowest BCUT2D eigenvalue weighted by molar-refractivity contribution is 0.614. The summed E-state index contributed by atoms with van der Waals surface area (Å²) in [6.45, 7) is 3.72. The second kappa shape index (κ2) is 2.98. The molecule has 0 aliphatic heterocycles. The van der Waals surface area contributed by atoms with Gasteiger partial charge in [0.15, 0.2) is 0 Å². The summed E-state index contributed by atoms with van der Waals surface area (Å²) in [5, 5.41) is 0. The van der Waals surface area contributed by atoms with Gasteiger partial charge in [0.05, 0.1) is 5.41 Å². The highest BCUT2D eigenvalue weighted by Crippen LogP contribution is 2.21. The predicted molar refractivity (Wildman–Crippen MR) is 47.1 cm³/mol. The molecule has 12 heavy (non-hydrogen) atoms. The van der Waals surface area contributed by atoms with Crippen molar-refractivity contribution in [1.29, 1.82) is 0 Å². The summed E-state index contributed by atoms with van der Waals surface area (Å²) in [6.07, 6.45) is 5.30. The summed E-state index contributed by atoms with van der Waals surface area (Å²) in [6, 6.07) is 7.24. The first-order valence-electron chi connectivity index (χ1n) is 3.72. The van der Waals surface area contributed by atoms with E-state index in [-0.39, 0.29) is 5.82 Å². The third-order valence-corrected chi connectivity index (χ3v) is 1.80. The molecule has 0 N–H and O–H groups in total. The molecule has 0 fully saturated rings. The molecule has 0 aliphatic rings. The van der Waals surface area contributed by atoms with Crippen molar-refractivity contribution in [3.8, 4) is 12.3 Å². The largest absolute Gasteiger partial charge is 0.207 e. The van der Waals surface area contributed by atoms with Crippen LogP contribution in [0.1, 0.15) is 19.4 Å². The summed E-state index contributed by atoms with van der Waals surface area (Å²) < 4.78 is 12.7. The van der Waals surface area contributed by atoms with Gasteiger partial charge in [-0.1, -0.05) is 12.0 Å². The Morgan fingerprint density at radius 3 is 2.75 bits per heavy atom. The van der Waals surface area contributed by atoms with Crippen molar-refractivity contribution in [3.05, 3.63) is 35.6 Å². The molecule has 0 nitrogen and oxygen atoms in total. The van der Waals surface area contributed by atoms with Gasteiger partial charge in [-0.2, -0.15) is 0 Å². The van der Waals surface area contributed by atoms with Crippen LogP contribution in [-0.2, 0) is 5.41 Å². The van der Waals surface area contributed by atoms with Gasteiger partial charge >= 0.3 is 0 Å². The second-order valence-electron chi connectivity index (χ2n) is 3.19. The molecule has 1 radical (unpaired) electrons. The molecule has 0 aromatic heterocycles. The highest BCUT2D eigenvalue weighted by atomic mass is 19.1. The molecule has 0 saturated heterocycles. The Kier molecular flexibility index (Phi) is 2.19.